The van der Waals surface area contributed by atoms with Crippen LogP contribution in [-0.2, 0) is 19.9 Å². The Balaban J connectivity index is 2.39. The lowest BCUT2D eigenvalue weighted by atomic mass is 10.3. The van der Waals surface area contributed by atoms with Crippen LogP contribution in [0.25, 0.3) is 0 Å². The first kappa shape index (κ1) is 17.4. The molecule has 0 radical (unpaired) electrons. The van der Waals surface area contributed by atoms with E-state index >= 15 is 0 Å². The van der Waals surface area contributed by atoms with E-state index in [-0.39, 0.29) is 4.90 Å². The molecule has 0 heterocycles. The Hall–Kier alpha value is -2.00. The van der Waals surface area contributed by atoms with Crippen molar-refractivity contribution in [2.75, 3.05) is 11.4 Å². The van der Waals surface area contributed by atoms with Crippen LogP contribution in [0.3, 0.4) is 0 Å². The summed E-state index contributed by atoms with van der Waals surface area (Å²) in [6, 6.07) is 11.9. The molecular weight excluding hydrogens is 348 g/mol. The molecule has 0 aliphatic rings. The van der Waals surface area contributed by atoms with Gasteiger partial charge in [-0.25, -0.2) is 16.8 Å². The summed E-state index contributed by atoms with van der Waals surface area (Å²) in [7, 11) is -7.34. The van der Waals surface area contributed by atoms with Crippen LogP contribution < -0.4 is 4.31 Å². The average Bonchev–Trinajstić information content (AvgIpc) is 2.54. The Morgan fingerprint density at radius 1 is 0.826 bits per heavy atom. The van der Waals surface area contributed by atoms with Gasteiger partial charge in [0.05, 0.1) is 15.5 Å². The van der Waals surface area contributed by atoms with Crippen LogP contribution in [0.4, 0.5) is 14.5 Å². The number of anilines is 1. The van der Waals surface area contributed by atoms with Crippen molar-refractivity contribution >= 4 is 25.5 Å². The maximum Gasteiger partial charge on any atom is 0.341 e. The number of hydrogen-bond donors (Lipinski definition) is 0. The molecule has 0 bridgehead atoms. The summed E-state index contributed by atoms with van der Waals surface area (Å²) in [5.41, 5.74) is 0.414. The zero-order chi connectivity index (χ0) is 17.3. The van der Waals surface area contributed by atoms with E-state index in [1.807, 2.05) is 0 Å². The standard InChI is InChI=1S/C14H13F2NO4S2/c1-17(11-5-3-2-4-6-11)23(20,21)13-9-7-12(8-10-13)22(18,19)14(15)16/h2-10,14H,1H3. The molecule has 0 aromatic heterocycles. The minimum Gasteiger partial charge on any atom is -0.269 e. The first-order valence-corrected chi connectivity index (χ1v) is 9.32. The van der Waals surface area contributed by atoms with Gasteiger partial charge in [0, 0.05) is 7.05 Å². The van der Waals surface area contributed by atoms with E-state index in [1.165, 1.54) is 7.05 Å². The second-order valence-corrected chi connectivity index (χ2v) is 8.47. The van der Waals surface area contributed by atoms with E-state index in [0.717, 1.165) is 28.6 Å². The van der Waals surface area contributed by atoms with Gasteiger partial charge in [0.1, 0.15) is 0 Å². The molecule has 0 saturated carbocycles. The summed E-state index contributed by atoms with van der Waals surface area (Å²) in [4.78, 5) is -0.828. The van der Waals surface area contributed by atoms with Gasteiger partial charge in [-0.3, -0.25) is 4.31 Å². The Kier molecular flexibility index (Phi) is 4.71. The monoisotopic (exact) mass is 361 g/mol. The molecular formula is C14H13F2NO4S2. The number of nitrogens with zero attached hydrogens (tertiary/aromatic N) is 1. The molecule has 0 aliphatic heterocycles. The Morgan fingerprint density at radius 3 is 1.78 bits per heavy atom. The highest BCUT2D eigenvalue weighted by molar-refractivity contribution is 7.93. The third kappa shape index (κ3) is 3.35. The molecule has 124 valence electrons. The van der Waals surface area contributed by atoms with Crippen LogP contribution in [-0.4, -0.2) is 29.6 Å². The van der Waals surface area contributed by atoms with Crippen molar-refractivity contribution in [2.24, 2.45) is 0 Å². The van der Waals surface area contributed by atoms with Gasteiger partial charge in [-0.05, 0) is 36.4 Å². The third-order valence-corrected chi connectivity index (χ3v) is 6.36. The Labute approximate surface area is 133 Å². The van der Waals surface area contributed by atoms with Crippen LogP contribution >= 0.6 is 0 Å². The van der Waals surface area contributed by atoms with Crippen molar-refractivity contribution in [2.45, 2.75) is 15.5 Å². The quantitative estimate of drug-likeness (QED) is 0.820. The van der Waals surface area contributed by atoms with Crippen molar-refractivity contribution in [3.8, 4) is 0 Å². The molecule has 2 aromatic carbocycles. The predicted octanol–water partition coefficient (Wildman–Crippen LogP) is 2.51. The van der Waals surface area contributed by atoms with E-state index in [9.17, 15) is 25.6 Å². The number of sulfonamides is 1. The second kappa shape index (κ2) is 6.25. The highest BCUT2D eigenvalue weighted by atomic mass is 32.2. The van der Waals surface area contributed by atoms with E-state index in [4.69, 9.17) is 0 Å². The lowest BCUT2D eigenvalue weighted by Crippen LogP contribution is -2.26. The number of sulfone groups is 1. The van der Waals surface area contributed by atoms with E-state index in [1.54, 1.807) is 30.3 Å². The van der Waals surface area contributed by atoms with Crippen LogP contribution in [0.2, 0.25) is 0 Å². The first-order chi connectivity index (χ1) is 10.7. The SMILES string of the molecule is CN(c1ccccc1)S(=O)(=O)c1ccc(S(=O)(=O)C(F)F)cc1. The van der Waals surface area contributed by atoms with E-state index in [0.29, 0.717) is 5.69 Å². The molecule has 23 heavy (non-hydrogen) atoms. The predicted molar refractivity (Wildman–Crippen MR) is 81.7 cm³/mol. The normalized spacial score (nSPS) is 12.3. The number of para-hydroxylation sites is 1. The number of hydrogen-bond acceptors (Lipinski definition) is 4. The van der Waals surface area contributed by atoms with Crippen LogP contribution in [0, 0.1) is 0 Å². The molecule has 0 spiro atoms. The fourth-order valence-electron chi connectivity index (χ4n) is 1.84. The first-order valence-electron chi connectivity index (χ1n) is 6.33. The molecule has 5 nitrogen and oxygen atoms in total. The minimum atomic E-state index is -4.75. The minimum absolute atomic E-state index is 0.197. The number of alkyl halides is 2. The van der Waals surface area contributed by atoms with Crippen molar-refractivity contribution < 1.29 is 25.6 Å². The van der Waals surface area contributed by atoms with Crippen molar-refractivity contribution in [3.05, 3.63) is 54.6 Å². The van der Waals surface area contributed by atoms with Gasteiger partial charge in [-0.1, -0.05) is 18.2 Å². The highest BCUT2D eigenvalue weighted by Crippen LogP contribution is 2.24. The topological polar surface area (TPSA) is 71.5 Å². The van der Waals surface area contributed by atoms with Gasteiger partial charge in [0.2, 0.25) is 9.84 Å². The lowest BCUT2D eigenvalue weighted by Gasteiger charge is -2.19. The fourth-order valence-corrected chi connectivity index (χ4v) is 3.76. The summed E-state index contributed by atoms with van der Waals surface area (Å²) in [5.74, 6) is -3.56. The molecule has 0 N–H and O–H groups in total. The van der Waals surface area contributed by atoms with Crippen LogP contribution in [0.1, 0.15) is 0 Å². The number of halogens is 2. The number of benzene rings is 2. The molecule has 0 aliphatic carbocycles. The molecule has 2 rings (SSSR count). The van der Waals surface area contributed by atoms with Crippen molar-refractivity contribution in [1.82, 2.24) is 0 Å². The maximum atomic E-state index is 12.5. The van der Waals surface area contributed by atoms with Gasteiger partial charge in [-0.15, -0.1) is 0 Å². The van der Waals surface area contributed by atoms with Gasteiger partial charge in [-0.2, -0.15) is 8.78 Å². The Bertz CT molecular complexity index is 880. The molecule has 0 unspecified atom stereocenters. The summed E-state index contributed by atoms with van der Waals surface area (Å²) in [6.45, 7) is 0. The molecule has 0 fully saturated rings. The molecule has 0 atom stereocenters. The number of rotatable bonds is 5. The second-order valence-electron chi connectivity index (χ2n) is 4.59. The average molecular weight is 361 g/mol. The van der Waals surface area contributed by atoms with Crippen molar-refractivity contribution in [1.29, 1.82) is 0 Å². The summed E-state index contributed by atoms with van der Waals surface area (Å²) in [6.07, 6.45) is 0. The maximum absolute atomic E-state index is 12.5. The van der Waals surface area contributed by atoms with Gasteiger partial charge in [0.15, 0.2) is 0 Å². The van der Waals surface area contributed by atoms with Gasteiger partial charge in [0.25, 0.3) is 10.0 Å². The van der Waals surface area contributed by atoms with Crippen molar-refractivity contribution in [3.63, 3.8) is 0 Å². The molecule has 0 saturated heterocycles. The fraction of sp³-hybridized carbons (Fsp3) is 0.143. The van der Waals surface area contributed by atoms with E-state index < -0.39 is 30.5 Å². The molecule has 0 amide bonds. The smallest absolute Gasteiger partial charge is 0.269 e. The molecule has 2 aromatic rings. The Morgan fingerprint density at radius 2 is 1.30 bits per heavy atom. The zero-order valence-corrected chi connectivity index (χ0v) is 13.6. The lowest BCUT2D eigenvalue weighted by molar-refractivity contribution is 0.234. The van der Waals surface area contributed by atoms with Gasteiger partial charge < -0.3 is 0 Å². The summed E-state index contributed by atoms with van der Waals surface area (Å²) < 4.78 is 73.5. The van der Waals surface area contributed by atoms with Crippen LogP contribution in [0.5, 0.6) is 0 Å². The summed E-state index contributed by atoms with van der Waals surface area (Å²) in [5, 5.41) is 0. The third-order valence-electron chi connectivity index (χ3n) is 3.17. The zero-order valence-electron chi connectivity index (χ0n) is 11.9. The van der Waals surface area contributed by atoms with Crippen LogP contribution in [0.15, 0.2) is 64.4 Å². The largest absolute Gasteiger partial charge is 0.341 e. The summed E-state index contributed by atoms with van der Waals surface area (Å²) >= 11 is 0. The molecule has 9 heteroatoms. The highest BCUT2D eigenvalue weighted by Gasteiger charge is 2.28. The van der Waals surface area contributed by atoms with Gasteiger partial charge >= 0.3 is 5.76 Å². The van der Waals surface area contributed by atoms with E-state index in [2.05, 4.69) is 0 Å².